The van der Waals surface area contributed by atoms with Crippen LogP contribution in [0.3, 0.4) is 0 Å². The molecule has 0 unspecified atom stereocenters. The standard InChI is InChI=1S/C38H55NO10/c1-5-6-7-8-9-10-11-12-13-14-15-16-17-18-19-22-25-45-38-33(39-36(43)30-23-20-21-24-31(30)37(39)44)35(48-29(4)42)34(47-28(3)41)32(49-38)26-46-27(2)40/h12-13,20-21,23-24,32-35,38H,5-11,14-19,22,25-26H2,1-4H3/b13-12-/t32-,33-,34-,35-,38-/m1/s1. The molecule has 2 amide bonds. The molecule has 0 saturated carbocycles. The van der Waals surface area contributed by atoms with E-state index < -0.39 is 60.4 Å². The number of carbonyl (C=O) groups is 5. The smallest absolute Gasteiger partial charge is 0.303 e. The molecule has 1 saturated heterocycles. The molecule has 1 fully saturated rings. The van der Waals surface area contributed by atoms with Gasteiger partial charge in [0.05, 0.1) is 11.1 Å². The average molecular weight is 686 g/mol. The second kappa shape index (κ2) is 21.5. The summed E-state index contributed by atoms with van der Waals surface area (Å²) in [5.41, 5.74) is 0.374. The van der Waals surface area contributed by atoms with E-state index in [1.807, 2.05) is 0 Å². The lowest BCUT2D eigenvalue weighted by atomic mass is 9.94. The predicted octanol–water partition coefficient (Wildman–Crippen LogP) is 6.86. The van der Waals surface area contributed by atoms with Gasteiger partial charge in [-0.25, -0.2) is 0 Å². The van der Waals surface area contributed by atoms with Crippen LogP contribution in [0.1, 0.15) is 138 Å². The number of esters is 3. The van der Waals surface area contributed by atoms with Gasteiger partial charge >= 0.3 is 17.9 Å². The van der Waals surface area contributed by atoms with E-state index >= 15 is 0 Å². The summed E-state index contributed by atoms with van der Waals surface area (Å²) in [6, 6.07) is 5.08. The van der Waals surface area contributed by atoms with Crippen molar-refractivity contribution < 1.29 is 47.7 Å². The third-order valence-electron chi connectivity index (χ3n) is 8.73. The SMILES string of the molecule is CCCCCCCC/C=C\CCCCCCCCO[C@@H]1O[C@H](COC(C)=O)[C@@H](OC(C)=O)[C@H](OC(C)=O)[C@H]1N1C(=O)c2ccccc2C1=O. The van der Waals surface area contributed by atoms with Gasteiger partial charge in [-0.15, -0.1) is 0 Å². The first-order chi connectivity index (χ1) is 23.6. The molecular formula is C38H55NO10. The third-order valence-corrected chi connectivity index (χ3v) is 8.73. The summed E-state index contributed by atoms with van der Waals surface area (Å²) in [5, 5.41) is 0. The Morgan fingerprint density at radius 3 is 1.76 bits per heavy atom. The summed E-state index contributed by atoms with van der Waals surface area (Å²) in [5.74, 6) is -3.28. The molecule has 1 aromatic rings. The van der Waals surface area contributed by atoms with Crippen molar-refractivity contribution in [1.29, 1.82) is 0 Å². The van der Waals surface area contributed by atoms with E-state index in [2.05, 4.69) is 19.1 Å². The molecule has 3 rings (SSSR count). The highest BCUT2D eigenvalue weighted by Gasteiger charge is 2.57. The Kier molecular flexibility index (Phi) is 17.5. The number of ether oxygens (including phenoxy) is 5. The second-order valence-corrected chi connectivity index (χ2v) is 12.8. The minimum Gasteiger partial charge on any atom is -0.463 e. The Labute approximate surface area is 291 Å². The number of fused-ring (bicyclic) bond motifs is 1. The van der Waals surface area contributed by atoms with Gasteiger partial charge in [-0.2, -0.15) is 0 Å². The number of amides is 2. The Hall–Kier alpha value is -3.57. The summed E-state index contributed by atoms with van der Waals surface area (Å²) >= 11 is 0. The summed E-state index contributed by atoms with van der Waals surface area (Å²) in [6.07, 6.45) is 15.8. The fraction of sp³-hybridized carbons (Fsp3) is 0.658. The fourth-order valence-electron chi connectivity index (χ4n) is 6.32. The van der Waals surface area contributed by atoms with Gasteiger partial charge in [-0.1, -0.05) is 89.0 Å². The third kappa shape index (κ3) is 12.7. The first-order valence-electron chi connectivity index (χ1n) is 18.0. The zero-order valence-corrected chi connectivity index (χ0v) is 29.7. The van der Waals surface area contributed by atoms with Crippen LogP contribution in [0.5, 0.6) is 0 Å². The highest BCUT2D eigenvalue weighted by atomic mass is 16.7. The molecule has 0 bridgehead atoms. The quantitative estimate of drug-likeness (QED) is 0.0419. The van der Waals surface area contributed by atoms with E-state index in [0.29, 0.717) is 6.42 Å². The highest BCUT2D eigenvalue weighted by Crippen LogP contribution is 2.35. The van der Waals surface area contributed by atoms with Crippen LogP contribution in [0, 0.1) is 0 Å². The number of nitrogens with zero attached hydrogens (tertiary/aromatic N) is 1. The van der Waals surface area contributed by atoms with Gasteiger partial charge in [0.1, 0.15) is 18.8 Å². The summed E-state index contributed by atoms with van der Waals surface area (Å²) in [6.45, 7) is 5.69. The fourth-order valence-corrected chi connectivity index (χ4v) is 6.32. The maximum absolute atomic E-state index is 13.6. The zero-order valence-electron chi connectivity index (χ0n) is 29.7. The molecule has 272 valence electrons. The van der Waals surface area contributed by atoms with Gasteiger partial charge in [-0.05, 0) is 44.2 Å². The molecule has 11 heteroatoms. The molecule has 0 spiro atoms. The van der Waals surface area contributed by atoms with Gasteiger partial charge in [0.2, 0.25) is 0 Å². The number of allylic oxidation sites excluding steroid dienone is 2. The molecule has 0 radical (unpaired) electrons. The van der Waals surface area contributed by atoms with Gasteiger partial charge in [0, 0.05) is 27.4 Å². The van der Waals surface area contributed by atoms with Crippen molar-refractivity contribution >= 4 is 29.7 Å². The van der Waals surface area contributed by atoms with Gasteiger partial charge in [0.25, 0.3) is 11.8 Å². The van der Waals surface area contributed by atoms with Crippen molar-refractivity contribution in [3.8, 4) is 0 Å². The minimum absolute atomic E-state index is 0.187. The summed E-state index contributed by atoms with van der Waals surface area (Å²) in [4.78, 5) is 64.4. The molecular weight excluding hydrogens is 630 g/mol. The summed E-state index contributed by atoms with van der Waals surface area (Å²) in [7, 11) is 0. The van der Waals surface area contributed by atoms with Crippen LogP contribution in [0.25, 0.3) is 0 Å². The molecule has 0 aliphatic carbocycles. The monoisotopic (exact) mass is 685 g/mol. The number of hydrogen-bond donors (Lipinski definition) is 0. The molecule has 0 aromatic heterocycles. The lowest BCUT2D eigenvalue weighted by Crippen LogP contribution is -2.67. The number of imide groups is 1. The Balaban J connectivity index is 1.59. The van der Waals surface area contributed by atoms with Crippen LogP contribution in [0.15, 0.2) is 36.4 Å². The normalized spacial score (nSPS) is 22.0. The zero-order chi connectivity index (χ0) is 35.6. The Morgan fingerprint density at radius 2 is 1.22 bits per heavy atom. The topological polar surface area (TPSA) is 135 Å². The van der Waals surface area contributed by atoms with Crippen LogP contribution in [0.4, 0.5) is 0 Å². The predicted molar refractivity (Wildman–Crippen MR) is 183 cm³/mol. The van der Waals surface area contributed by atoms with Crippen molar-refractivity contribution in [3.63, 3.8) is 0 Å². The van der Waals surface area contributed by atoms with Crippen molar-refractivity contribution in [3.05, 3.63) is 47.5 Å². The van der Waals surface area contributed by atoms with E-state index in [4.69, 9.17) is 23.7 Å². The van der Waals surface area contributed by atoms with E-state index in [1.165, 1.54) is 77.8 Å². The lowest BCUT2D eigenvalue weighted by Gasteiger charge is -2.47. The molecule has 11 nitrogen and oxygen atoms in total. The van der Waals surface area contributed by atoms with Crippen LogP contribution >= 0.6 is 0 Å². The van der Waals surface area contributed by atoms with E-state index in [9.17, 15) is 24.0 Å². The Morgan fingerprint density at radius 1 is 0.714 bits per heavy atom. The van der Waals surface area contributed by atoms with Gasteiger partial charge in [0.15, 0.2) is 18.5 Å². The van der Waals surface area contributed by atoms with Crippen LogP contribution in [-0.2, 0) is 38.1 Å². The molecule has 0 N–H and O–H groups in total. The molecule has 1 aromatic carbocycles. The lowest BCUT2D eigenvalue weighted by molar-refractivity contribution is -0.286. The maximum atomic E-state index is 13.6. The number of benzene rings is 1. The number of hydrogen-bond acceptors (Lipinski definition) is 10. The van der Waals surface area contributed by atoms with E-state index in [0.717, 1.165) is 43.4 Å². The van der Waals surface area contributed by atoms with Crippen LogP contribution < -0.4 is 0 Å². The number of carbonyl (C=O) groups excluding carboxylic acids is 5. The van der Waals surface area contributed by atoms with E-state index in [1.54, 1.807) is 12.1 Å². The van der Waals surface area contributed by atoms with Gasteiger partial charge < -0.3 is 23.7 Å². The first-order valence-corrected chi connectivity index (χ1v) is 18.0. The molecule has 2 heterocycles. The van der Waals surface area contributed by atoms with Crippen molar-refractivity contribution in [2.24, 2.45) is 0 Å². The average Bonchev–Trinajstić information content (AvgIpc) is 3.31. The Bertz CT molecular complexity index is 1230. The van der Waals surface area contributed by atoms with Crippen LogP contribution in [-0.4, -0.2) is 78.5 Å². The highest BCUT2D eigenvalue weighted by molar-refractivity contribution is 6.21. The van der Waals surface area contributed by atoms with Crippen molar-refractivity contribution in [2.75, 3.05) is 13.2 Å². The first kappa shape index (κ1) is 39.9. The summed E-state index contributed by atoms with van der Waals surface area (Å²) < 4.78 is 28.7. The van der Waals surface area contributed by atoms with Crippen molar-refractivity contribution in [1.82, 2.24) is 4.90 Å². The number of unbranched alkanes of at least 4 members (excludes halogenated alkanes) is 12. The molecule has 49 heavy (non-hydrogen) atoms. The second-order valence-electron chi connectivity index (χ2n) is 12.8. The van der Waals surface area contributed by atoms with Crippen molar-refractivity contribution in [2.45, 2.75) is 148 Å². The van der Waals surface area contributed by atoms with E-state index in [-0.39, 0.29) is 24.3 Å². The van der Waals surface area contributed by atoms with Crippen LogP contribution in [0.2, 0.25) is 0 Å². The molecule has 2 aliphatic rings. The largest absolute Gasteiger partial charge is 0.463 e. The molecule has 2 aliphatic heterocycles. The maximum Gasteiger partial charge on any atom is 0.303 e. The molecule has 5 atom stereocenters. The number of rotatable bonds is 22. The van der Waals surface area contributed by atoms with Gasteiger partial charge in [-0.3, -0.25) is 28.9 Å². The minimum atomic E-state index is -1.36.